The first kappa shape index (κ1) is 29.2. The number of amidine groups is 2. The molecular weight excluding hydrogens is 653 g/mol. The maximum absolute atomic E-state index is 5.25. The lowest BCUT2D eigenvalue weighted by atomic mass is 9.98. The summed E-state index contributed by atoms with van der Waals surface area (Å²) in [6.45, 7) is 0. The molecule has 244 valence electrons. The lowest BCUT2D eigenvalue weighted by Crippen LogP contribution is -2.33. The van der Waals surface area contributed by atoms with Crippen LogP contribution in [-0.2, 0) is 0 Å². The zero-order valence-electron chi connectivity index (χ0n) is 28.0. The highest BCUT2D eigenvalue weighted by atomic mass is 32.1. The van der Waals surface area contributed by atoms with E-state index in [1.807, 2.05) is 23.5 Å². The largest absolute Gasteiger partial charge is 0.344 e. The number of aromatic nitrogens is 1. The summed E-state index contributed by atoms with van der Waals surface area (Å²) < 4.78 is 5.12. The van der Waals surface area contributed by atoms with Crippen molar-refractivity contribution in [3.63, 3.8) is 0 Å². The van der Waals surface area contributed by atoms with Gasteiger partial charge in [-0.25, -0.2) is 9.98 Å². The maximum atomic E-state index is 5.25. The van der Waals surface area contributed by atoms with Crippen molar-refractivity contribution in [3.8, 4) is 5.69 Å². The molecule has 1 atom stereocenters. The molecule has 0 spiro atoms. The van der Waals surface area contributed by atoms with E-state index >= 15 is 0 Å². The average molecular weight is 683 g/mol. The van der Waals surface area contributed by atoms with Crippen molar-refractivity contribution in [2.75, 3.05) is 0 Å². The molecule has 0 saturated carbocycles. The van der Waals surface area contributed by atoms with E-state index in [4.69, 9.17) is 9.98 Å². The monoisotopic (exact) mass is 682 g/mol. The van der Waals surface area contributed by atoms with E-state index in [2.05, 4.69) is 168 Å². The van der Waals surface area contributed by atoms with E-state index in [0.29, 0.717) is 5.84 Å². The second kappa shape index (κ2) is 11.5. The minimum Gasteiger partial charge on any atom is -0.344 e. The SMILES string of the molecule is c1ccc(C2=NC(c3ccc(-n4c5ccccc5c5c6ccccc6c6c7ccccc7sc6c54)c4ccccc34)=NC(c3ccccc3)N2)cc1. The summed E-state index contributed by atoms with van der Waals surface area (Å²) in [7, 11) is 0. The van der Waals surface area contributed by atoms with Crippen LogP contribution in [0.15, 0.2) is 180 Å². The Bertz CT molecular complexity index is 3100. The first-order valence-electron chi connectivity index (χ1n) is 17.6. The number of nitrogens with zero attached hydrogens (tertiary/aromatic N) is 3. The maximum Gasteiger partial charge on any atom is 0.160 e. The summed E-state index contributed by atoms with van der Waals surface area (Å²) in [5.74, 6) is 1.53. The number of fused-ring (bicyclic) bond motifs is 11. The summed E-state index contributed by atoms with van der Waals surface area (Å²) in [6.07, 6.45) is -0.269. The molecular formula is C47H30N4S. The van der Waals surface area contributed by atoms with Crippen LogP contribution in [0.4, 0.5) is 0 Å². The van der Waals surface area contributed by atoms with Crippen molar-refractivity contribution >= 4 is 86.5 Å². The van der Waals surface area contributed by atoms with Crippen LogP contribution in [0.1, 0.15) is 22.9 Å². The van der Waals surface area contributed by atoms with Crippen molar-refractivity contribution in [2.45, 2.75) is 6.17 Å². The minimum atomic E-state index is -0.269. The average Bonchev–Trinajstić information content (AvgIpc) is 3.78. The van der Waals surface area contributed by atoms with Gasteiger partial charge in [0.15, 0.2) is 5.84 Å². The Hall–Kier alpha value is -6.56. The van der Waals surface area contributed by atoms with Crippen molar-refractivity contribution in [3.05, 3.63) is 187 Å². The van der Waals surface area contributed by atoms with Gasteiger partial charge in [0.1, 0.15) is 12.0 Å². The summed E-state index contributed by atoms with van der Waals surface area (Å²) >= 11 is 1.89. The zero-order valence-corrected chi connectivity index (χ0v) is 28.8. The lowest BCUT2D eigenvalue weighted by Gasteiger charge is -2.24. The lowest BCUT2D eigenvalue weighted by molar-refractivity contribution is 0.674. The van der Waals surface area contributed by atoms with E-state index in [0.717, 1.165) is 39.0 Å². The van der Waals surface area contributed by atoms with Crippen molar-refractivity contribution in [2.24, 2.45) is 9.98 Å². The molecule has 1 unspecified atom stereocenters. The molecule has 0 saturated heterocycles. The van der Waals surface area contributed by atoms with Crippen molar-refractivity contribution in [1.29, 1.82) is 0 Å². The number of hydrogen-bond acceptors (Lipinski definition) is 4. The summed E-state index contributed by atoms with van der Waals surface area (Å²) in [4.78, 5) is 10.4. The molecule has 10 aromatic rings. The predicted octanol–water partition coefficient (Wildman–Crippen LogP) is 12.0. The number of hydrogen-bond donors (Lipinski definition) is 1. The highest BCUT2D eigenvalue weighted by Crippen LogP contribution is 2.48. The third-order valence-corrected chi connectivity index (χ3v) is 11.6. The number of rotatable bonds is 4. The normalized spacial score (nSPS) is 14.7. The number of aliphatic imine (C=N–C) groups is 2. The molecule has 0 bridgehead atoms. The molecule has 4 nitrogen and oxygen atoms in total. The Labute approximate surface area is 303 Å². The topological polar surface area (TPSA) is 41.7 Å². The Morgan fingerprint density at radius 2 is 1.13 bits per heavy atom. The highest BCUT2D eigenvalue weighted by Gasteiger charge is 2.25. The molecule has 1 aliphatic rings. The van der Waals surface area contributed by atoms with E-state index in [1.54, 1.807) is 0 Å². The molecule has 0 fully saturated rings. The molecule has 0 radical (unpaired) electrons. The van der Waals surface area contributed by atoms with Gasteiger partial charge in [-0.05, 0) is 46.0 Å². The van der Waals surface area contributed by atoms with Crippen LogP contribution < -0.4 is 5.32 Å². The van der Waals surface area contributed by atoms with E-state index in [9.17, 15) is 0 Å². The molecule has 52 heavy (non-hydrogen) atoms. The van der Waals surface area contributed by atoms with Gasteiger partial charge in [-0.2, -0.15) is 0 Å². The Morgan fingerprint density at radius 3 is 1.92 bits per heavy atom. The second-order valence-corrected chi connectivity index (χ2v) is 14.4. The smallest absolute Gasteiger partial charge is 0.160 e. The Kier molecular flexibility index (Phi) is 6.45. The molecule has 1 aliphatic heterocycles. The third-order valence-electron chi connectivity index (χ3n) is 10.4. The molecule has 3 heterocycles. The molecule has 1 N–H and O–H groups in total. The fourth-order valence-electron chi connectivity index (χ4n) is 8.17. The van der Waals surface area contributed by atoms with Gasteiger partial charge >= 0.3 is 0 Å². The molecule has 2 aromatic heterocycles. The van der Waals surface area contributed by atoms with Gasteiger partial charge in [0.2, 0.25) is 0 Å². The van der Waals surface area contributed by atoms with Crippen LogP contribution in [0, 0.1) is 0 Å². The number of benzene rings is 8. The molecule has 8 aromatic carbocycles. The van der Waals surface area contributed by atoms with Gasteiger partial charge in [0, 0.05) is 42.8 Å². The third kappa shape index (κ3) is 4.33. The fraction of sp³-hybridized carbons (Fsp3) is 0.0213. The van der Waals surface area contributed by atoms with Gasteiger partial charge < -0.3 is 9.88 Å². The van der Waals surface area contributed by atoms with Crippen LogP contribution in [0.3, 0.4) is 0 Å². The van der Waals surface area contributed by atoms with Gasteiger partial charge in [0.05, 0.1) is 21.4 Å². The number of para-hydroxylation sites is 1. The molecule has 11 rings (SSSR count). The summed E-state index contributed by atoms with van der Waals surface area (Å²) in [5, 5.41) is 13.6. The molecule has 0 amide bonds. The molecule has 5 heteroatoms. The summed E-state index contributed by atoms with van der Waals surface area (Å²) in [5.41, 5.74) is 6.71. The minimum absolute atomic E-state index is 0.269. The molecule has 0 aliphatic carbocycles. The van der Waals surface area contributed by atoms with E-state index in [1.165, 1.54) is 52.8 Å². The second-order valence-electron chi connectivity index (χ2n) is 13.3. The Morgan fingerprint density at radius 1 is 0.519 bits per heavy atom. The summed E-state index contributed by atoms with van der Waals surface area (Å²) in [6, 6.07) is 60.6. The van der Waals surface area contributed by atoms with Crippen molar-refractivity contribution in [1.82, 2.24) is 9.88 Å². The van der Waals surface area contributed by atoms with Gasteiger partial charge in [-0.15, -0.1) is 11.3 Å². The van der Waals surface area contributed by atoms with Crippen LogP contribution in [0.2, 0.25) is 0 Å². The van der Waals surface area contributed by atoms with Crippen LogP contribution in [-0.4, -0.2) is 16.2 Å². The van der Waals surface area contributed by atoms with Gasteiger partial charge in [-0.3, -0.25) is 0 Å². The first-order valence-corrected chi connectivity index (χ1v) is 18.4. The quantitative estimate of drug-likeness (QED) is 0.197. The van der Waals surface area contributed by atoms with E-state index in [-0.39, 0.29) is 6.17 Å². The van der Waals surface area contributed by atoms with Gasteiger partial charge in [-0.1, -0.05) is 146 Å². The van der Waals surface area contributed by atoms with Gasteiger partial charge in [0.25, 0.3) is 0 Å². The fourth-order valence-corrected chi connectivity index (χ4v) is 9.43. The zero-order chi connectivity index (χ0) is 34.2. The standard InChI is InChI=1S/C47H30N4S/c1-3-15-29(16-4-1)45-48-46(30-17-5-2-6-18-30)50-47(49-45)35-27-28-39(32-20-8-7-19-31(32)35)51-38-25-13-11-23-36(38)41-33-21-9-10-22-34(33)42-37-24-12-14-26-40(37)52-44(42)43(41)51/h1-28,45H,(H,48,49,50). The van der Waals surface area contributed by atoms with Crippen LogP contribution >= 0.6 is 11.3 Å². The highest BCUT2D eigenvalue weighted by molar-refractivity contribution is 7.27. The first-order chi connectivity index (χ1) is 25.8. The van der Waals surface area contributed by atoms with Crippen LogP contribution in [0.5, 0.6) is 0 Å². The van der Waals surface area contributed by atoms with Crippen LogP contribution in [0.25, 0.3) is 69.2 Å². The van der Waals surface area contributed by atoms with E-state index < -0.39 is 0 Å². The number of thiophene rings is 1. The Balaban J connectivity index is 1.22. The van der Waals surface area contributed by atoms with Crippen molar-refractivity contribution < 1.29 is 0 Å². The predicted molar refractivity (Wildman–Crippen MR) is 221 cm³/mol. The number of nitrogens with one attached hydrogen (secondary N) is 1.